The predicted molar refractivity (Wildman–Crippen MR) is 97.3 cm³/mol. The van der Waals surface area contributed by atoms with Crippen LogP contribution in [0.4, 0.5) is 30.2 Å². The summed E-state index contributed by atoms with van der Waals surface area (Å²) in [6.45, 7) is -0.0122. The Morgan fingerprint density at radius 1 is 0.933 bits per heavy atom. The largest absolute Gasteiger partial charge is 0.405 e. The second-order valence-electron chi connectivity index (χ2n) is 6.03. The van der Waals surface area contributed by atoms with E-state index in [1.807, 2.05) is 0 Å². The molecule has 0 aliphatic carbocycles. The van der Waals surface area contributed by atoms with Gasteiger partial charge in [-0.15, -0.1) is 0 Å². The van der Waals surface area contributed by atoms with E-state index in [-0.39, 0.29) is 16.8 Å². The molecule has 0 aliphatic heterocycles. The van der Waals surface area contributed by atoms with Crippen molar-refractivity contribution in [1.29, 1.82) is 0 Å². The van der Waals surface area contributed by atoms with Gasteiger partial charge < -0.3 is 10.6 Å². The van der Waals surface area contributed by atoms with Crippen LogP contribution in [-0.2, 0) is 0 Å². The molecule has 10 nitrogen and oxygen atoms in total. The average molecular weight is 426 g/mol. The molecule has 13 heteroatoms. The molecule has 30 heavy (non-hydrogen) atoms. The highest BCUT2D eigenvalue weighted by molar-refractivity contribution is 6.06. The van der Waals surface area contributed by atoms with E-state index in [9.17, 15) is 43.0 Å². The second kappa shape index (κ2) is 8.55. The molecule has 2 aromatic carbocycles. The van der Waals surface area contributed by atoms with Crippen LogP contribution in [0.5, 0.6) is 0 Å². The molecule has 2 N–H and O–H groups in total. The summed E-state index contributed by atoms with van der Waals surface area (Å²) in [6.07, 6.45) is -4.60. The molecule has 0 radical (unpaired) electrons. The van der Waals surface area contributed by atoms with Crippen LogP contribution in [0.25, 0.3) is 0 Å². The zero-order valence-corrected chi connectivity index (χ0v) is 15.1. The van der Waals surface area contributed by atoms with Crippen molar-refractivity contribution in [3.05, 3.63) is 73.3 Å². The third kappa shape index (κ3) is 5.73. The number of nitrogens with one attached hydrogen (secondary N) is 2. The summed E-state index contributed by atoms with van der Waals surface area (Å²) in [5.74, 6) is -1.98. The molecule has 0 saturated carbocycles. The molecule has 0 saturated heterocycles. The molecule has 0 aromatic heterocycles. The van der Waals surface area contributed by atoms with Gasteiger partial charge in [-0.25, -0.2) is 0 Å². The van der Waals surface area contributed by atoms with E-state index < -0.39 is 45.8 Å². The summed E-state index contributed by atoms with van der Waals surface area (Å²) >= 11 is 0. The lowest BCUT2D eigenvalue weighted by molar-refractivity contribution is -0.394. The Kier molecular flexibility index (Phi) is 6.34. The van der Waals surface area contributed by atoms with Crippen LogP contribution in [0.1, 0.15) is 26.3 Å². The minimum absolute atomic E-state index is 0.0359. The van der Waals surface area contributed by atoms with Crippen molar-refractivity contribution in [2.45, 2.75) is 13.1 Å². The molecule has 0 fully saturated rings. The fourth-order valence-electron chi connectivity index (χ4n) is 2.31. The van der Waals surface area contributed by atoms with Crippen LogP contribution in [0, 0.1) is 27.2 Å². The predicted octanol–water partition coefficient (Wildman–Crippen LogP) is 3.36. The summed E-state index contributed by atoms with van der Waals surface area (Å²) in [5, 5.41) is 25.9. The van der Waals surface area contributed by atoms with E-state index in [0.29, 0.717) is 11.6 Å². The Morgan fingerprint density at radius 2 is 1.50 bits per heavy atom. The fraction of sp³-hybridized carbons (Fsp3) is 0.176. The van der Waals surface area contributed by atoms with Gasteiger partial charge in [0.1, 0.15) is 6.54 Å². The van der Waals surface area contributed by atoms with Crippen molar-refractivity contribution < 1.29 is 32.6 Å². The molecule has 2 aromatic rings. The van der Waals surface area contributed by atoms with Crippen LogP contribution in [-0.4, -0.2) is 34.4 Å². The number of non-ortho nitro benzene ring substituents is 2. The monoisotopic (exact) mass is 426 g/mol. The molecule has 0 heterocycles. The first-order valence-corrected chi connectivity index (χ1v) is 8.08. The van der Waals surface area contributed by atoms with Gasteiger partial charge in [-0.1, -0.05) is 6.07 Å². The van der Waals surface area contributed by atoms with E-state index in [4.69, 9.17) is 0 Å². The number of nitro groups is 2. The Morgan fingerprint density at radius 3 is 2.00 bits per heavy atom. The summed E-state index contributed by atoms with van der Waals surface area (Å²) in [7, 11) is 0. The summed E-state index contributed by atoms with van der Waals surface area (Å²) in [5.41, 5.74) is -1.45. The summed E-state index contributed by atoms with van der Waals surface area (Å²) in [4.78, 5) is 44.4. The van der Waals surface area contributed by atoms with Gasteiger partial charge in [0.2, 0.25) is 0 Å². The topological polar surface area (TPSA) is 144 Å². The van der Waals surface area contributed by atoms with Crippen molar-refractivity contribution in [2.75, 3.05) is 11.9 Å². The highest BCUT2D eigenvalue weighted by atomic mass is 19.4. The van der Waals surface area contributed by atoms with Gasteiger partial charge in [0, 0.05) is 23.4 Å². The molecule has 0 atom stereocenters. The average Bonchev–Trinajstić information content (AvgIpc) is 2.66. The smallest absolute Gasteiger partial charge is 0.343 e. The van der Waals surface area contributed by atoms with Gasteiger partial charge in [-0.3, -0.25) is 29.8 Å². The van der Waals surface area contributed by atoms with E-state index in [0.717, 1.165) is 18.2 Å². The molecule has 0 bridgehead atoms. The summed E-state index contributed by atoms with van der Waals surface area (Å²) in [6, 6.07) is 6.08. The number of benzene rings is 2. The molecule has 2 amide bonds. The minimum Gasteiger partial charge on any atom is -0.343 e. The lowest BCUT2D eigenvalue weighted by Crippen LogP contribution is -2.33. The third-order valence-electron chi connectivity index (χ3n) is 3.78. The normalized spacial score (nSPS) is 10.9. The van der Waals surface area contributed by atoms with Crippen LogP contribution in [0.15, 0.2) is 36.4 Å². The maximum absolute atomic E-state index is 12.4. The molecule has 0 spiro atoms. The van der Waals surface area contributed by atoms with Gasteiger partial charge in [-0.2, -0.15) is 13.2 Å². The molecular formula is C17H13F3N4O6. The Bertz CT molecular complexity index is 1010. The molecular weight excluding hydrogens is 413 g/mol. The number of anilines is 1. The van der Waals surface area contributed by atoms with Crippen molar-refractivity contribution in [3.63, 3.8) is 0 Å². The number of nitrogens with zero attached hydrogens (tertiary/aromatic N) is 2. The highest BCUT2D eigenvalue weighted by Gasteiger charge is 2.28. The van der Waals surface area contributed by atoms with Crippen molar-refractivity contribution in [2.24, 2.45) is 0 Å². The quantitative estimate of drug-likeness (QED) is 0.535. The third-order valence-corrected chi connectivity index (χ3v) is 3.78. The lowest BCUT2D eigenvalue weighted by Gasteiger charge is -2.12. The van der Waals surface area contributed by atoms with Gasteiger partial charge in [0.05, 0.1) is 21.5 Å². The van der Waals surface area contributed by atoms with Crippen LogP contribution in [0.3, 0.4) is 0 Å². The number of hydrogen-bond donors (Lipinski definition) is 2. The Labute approximate surface area is 166 Å². The SMILES string of the molecule is Cc1ccc(C(=O)NCC(F)(F)F)cc1NC(=O)c1cc([N+](=O)[O-])cc([N+](=O)[O-])c1. The van der Waals surface area contributed by atoms with Gasteiger partial charge in [-0.05, 0) is 24.6 Å². The second-order valence-corrected chi connectivity index (χ2v) is 6.03. The summed E-state index contributed by atoms with van der Waals surface area (Å²) < 4.78 is 36.7. The van der Waals surface area contributed by atoms with E-state index in [2.05, 4.69) is 5.32 Å². The Balaban J connectivity index is 2.30. The number of aryl methyl sites for hydroxylation is 1. The van der Waals surface area contributed by atoms with E-state index in [1.165, 1.54) is 19.1 Å². The van der Waals surface area contributed by atoms with Crippen LogP contribution < -0.4 is 10.6 Å². The van der Waals surface area contributed by atoms with Crippen LogP contribution >= 0.6 is 0 Å². The van der Waals surface area contributed by atoms with Gasteiger partial charge in [0.15, 0.2) is 0 Å². The van der Waals surface area contributed by atoms with Crippen LogP contribution in [0.2, 0.25) is 0 Å². The maximum Gasteiger partial charge on any atom is 0.405 e. The van der Waals surface area contributed by atoms with Crippen molar-refractivity contribution in [3.8, 4) is 0 Å². The number of hydrogen-bond acceptors (Lipinski definition) is 6. The highest BCUT2D eigenvalue weighted by Crippen LogP contribution is 2.24. The van der Waals surface area contributed by atoms with E-state index >= 15 is 0 Å². The van der Waals surface area contributed by atoms with Crippen molar-refractivity contribution in [1.82, 2.24) is 5.32 Å². The standard InChI is InChI=1S/C17H13F3N4O6/c1-9-2-3-10(15(25)21-8-17(18,19)20)6-14(9)22-16(26)11-4-12(23(27)28)7-13(5-11)24(29)30/h2-7H,8H2,1H3,(H,21,25)(H,22,26). The number of alkyl halides is 3. The van der Waals surface area contributed by atoms with Crippen molar-refractivity contribution >= 4 is 28.9 Å². The number of amides is 2. The number of halogens is 3. The zero-order valence-electron chi connectivity index (χ0n) is 15.1. The molecule has 158 valence electrons. The number of rotatable bonds is 6. The first-order valence-electron chi connectivity index (χ1n) is 8.08. The van der Waals surface area contributed by atoms with Gasteiger partial charge >= 0.3 is 6.18 Å². The number of carbonyl (C=O) groups excluding carboxylic acids is 2. The first-order chi connectivity index (χ1) is 13.9. The lowest BCUT2D eigenvalue weighted by atomic mass is 10.1. The number of carbonyl (C=O) groups is 2. The molecule has 0 aliphatic rings. The number of nitro benzene ring substituents is 2. The minimum atomic E-state index is -4.60. The fourth-order valence-corrected chi connectivity index (χ4v) is 2.31. The molecule has 0 unspecified atom stereocenters. The zero-order chi connectivity index (χ0) is 22.6. The first kappa shape index (κ1) is 22.3. The maximum atomic E-state index is 12.4. The van der Waals surface area contributed by atoms with Gasteiger partial charge in [0.25, 0.3) is 23.2 Å². The molecule has 2 rings (SSSR count). The Hall–Kier alpha value is -4.03. The van der Waals surface area contributed by atoms with E-state index in [1.54, 1.807) is 5.32 Å².